The first-order valence-electron chi connectivity index (χ1n) is 3.87. The monoisotopic (exact) mass is 195 g/mol. The van der Waals surface area contributed by atoms with Crippen molar-refractivity contribution in [1.82, 2.24) is 5.27 Å². The van der Waals surface area contributed by atoms with Crippen molar-refractivity contribution in [3.63, 3.8) is 0 Å². The molecule has 1 aromatic carbocycles. The molecule has 0 bridgehead atoms. The van der Waals surface area contributed by atoms with E-state index in [9.17, 15) is 0 Å². The highest BCUT2D eigenvalue weighted by atomic mass is 35.5. The minimum Gasteiger partial charge on any atom is -0.288 e. The van der Waals surface area contributed by atoms with Crippen LogP contribution in [0.3, 0.4) is 0 Å². The van der Waals surface area contributed by atoms with Crippen LogP contribution in [-0.2, 0) is 0 Å². The topological polar surface area (TPSA) is 29.9 Å². The van der Waals surface area contributed by atoms with E-state index in [1.165, 1.54) is 5.56 Å². The van der Waals surface area contributed by atoms with Crippen molar-refractivity contribution in [3.8, 4) is 5.69 Å². The van der Waals surface area contributed by atoms with Gasteiger partial charge in [0.05, 0.1) is 0 Å². The minimum absolute atomic E-state index is 0.278. The highest BCUT2D eigenvalue weighted by Crippen LogP contribution is 2.05. The molecule has 0 aliphatic rings. The molecule has 1 heterocycles. The first-order chi connectivity index (χ1) is 6.25. The van der Waals surface area contributed by atoms with Crippen LogP contribution >= 0.6 is 11.6 Å². The summed E-state index contributed by atoms with van der Waals surface area (Å²) in [6, 6.07) is 7.91. The predicted octanol–water partition coefficient (Wildman–Crippen LogP) is 1.91. The van der Waals surface area contributed by atoms with E-state index >= 15 is 0 Å². The average Bonchev–Trinajstić information content (AvgIpc) is 2.53. The summed E-state index contributed by atoms with van der Waals surface area (Å²) in [5, 5.41) is 4.00. The average molecular weight is 196 g/mol. The van der Waals surface area contributed by atoms with Crippen LogP contribution < -0.4 is 4.68 Å². The van der Waals surface area contributed by atoms with E-state index < -0.39 is 0 Å². The molecular formula is C9H8ClN2O+. The molecule has 0 radical (unpaired) electrons. The molecule has 4 heteroatoms. The number of hydrogen-bond acceptors (Lipinski definition) is 2. The zero-order chi connectivity index (χ0) is 9.26. The van der Waals surface area contributed by atoms with Crippen molar-refractivity contribution in [2.45, 2.75) is 6.92 Å². The standard InChI is InChI=1S/C9H8ClN2O/c1-7-2-4-8(5-3-7)12-6-9(10)13-11-12/h2-6H,1H3/q+1. The largest absolute Gasteiger partial charge is 0.297 e. The minimum atomic E-state index is 0.278. The fraction of sp³-hybridized carbons (Fsp3) is 0.111. The maximum Gasteiger partial charge on any atom is 0.297 e. The molecule has 0 saturated heterocycles. The Bertz CT molecular complexity index is 408. The maximum atomic E-state index is 5.59. The molecule has 0 aliphatic heterocycles. The molecule has 0 atom stereocenters. The summed E-state index contributed by atoms with van der Waals surface area (Å²) in [4.78, 5) is 0. The number of hydrogen-bond donors (Lipinski definition) is 0. The highest BCUT2D eigenvalue weighted by Gasteiger charge is 2.11. The molecule has 3 nitrogen and oxygen atoms in total. The van der Waals surface area contributed by atoms with Crippen LogP contribution in [0, 0.1) is 6.92 Å². The van der Waals surface area contributed by atoms with E-state index in [2.05, 4.69) is 5.27 Å². The zero-order valence-electron chi connectivity index (χ0n) is 7.07. The van der Waals surface area contributed by atoms with Gasteiger partial charge in [-0.25, -0.2) is 0 Å². The summed E-state index contributed by atoms with van der Waals surface area (Å²) in [6.07, 6.45) is 1.62. The molecule has 0 unspecified atom stereocenters. The molecule has 13 heavy (non-hydrogen) atoms. The van der Waals surface area contributed by atoms with Crippen LogP contribution in [0.5, 0.6) is 0 Å². The van der Waals surface area contributed by atoms with E-state index in [1.54, 1.807) is 10.9 Å². The molecule has 1 aromatic heterocycles. The van der Waals surface area contributed by atoms with Gasteiger partial charge in [0.25, 0.3) is 11.4 Å². The van der Waals surface area contributed by atoms with Crippen molar-refractivity contribution in [3.05, 3.63) is 41.2 Å². The van der Waals surface area contributed by atoms with Crippen molar-refractivity contribution in [1.29, 1.82) is 0 Å². The van der Waals surface area contributed by atoms with Gasteiger partial charge in [0, 0.05) is 12.1 Å². The lowest BCUT2D eigenvalue weighted by atomic mass is 10.2. The summed E-state index contributed by atoms with van der Waals surface area (Å²) in [5.74, 6) is 0. The van der Waals surface area contributed by atoms with Crippen LogP contribution in [0.1, 0.15) is 5.56 Å². The molecule has 2 rings (SSSR count). The maximum absolute atomic E-state index is 5.59. The molecule has 0 amide bonds. The Morgan fingerprint density at radius 2 is 2.00 bits per heavy atom. The summed E-state index contributed by atoms with van der Waals surface area (Å²) in [5.41, 5.74) is 2.14. The summed E-state index contributed by atoms with van der Waals surface area (Å²) in [7, 11) is 0. The molecule has 2 aromatic rings. The molecule has 0 saturated carbocycles. The third-order valence-corrected chi connectivity index (χ3v) is 1.90. The first-order valence-corrected chi connectivity index (χ1v) is 4.25. The second-order valence-electron chi connectivity index (χ2n) is 2.79. The number of nitrogens with zero attached hydrogens (tertiary/aromatic N) is 2. The molecule has 0 fully saturated rings. The second-order valence-corrected chi connectivity index (χ2v) is 3.16. The number of halogens is 1. The summed E-state index contributed by atoms with van der Waals surface area (Å²) >= 11 is 5.59. The van der Waals surface area contributed by atoms with Gasteiger partial charge in [0.15, 0.2) is 0 Å². The summed E-state index contributed by atoms with van der Waals surface area (Å²) in [6.45, 7) is 2.03. The van der Waals surface area contributed by atoms with E-state index in [4.69, 9.17) is 16.1 Å². The van der Waals surface area contributed by atoms with E-state index in [-0.39, 0.29) is 5.22 Å². The molecular weight excluding hydrogens is 188 g/mol. The van der Waals surface area contributed by atoms with Gasteiger partial charge in [-0.3, -0.25) is 4.52 Å². The quantitative estimate of drug-likeness (QED) is 0.651. The zero-order valence-corrected chi connectivity index (χ0v) is 7.82. The molecule has 0 spiro atoms. The van der Waals surface area contributed by atoms with Gasteiger partial charge in [-0.1, -0.05) is 17.7 Å². The van der Waals surface area contributed by atoms with Gasteiger partial charge in [0.2, 0.25) is 11.0 Å². The Hall–Kier alpha value is -1.35. The number of rotatable bonds is 1. The fourth-order valence-corrected chi connectivity index (χ4v) is 1.17. The third-order valence-electron chi connectivity index (χ3n) is 1.74. The first kappa shape index (κ1) is 8.26. The van der Waals surface area contributed by atoms with Gasteiger partial charge in [0.1, 0.15) is 0 Å². The van der Waals surface area contributed by atoms with E-state index in [1.807, 2.05) is 31.2 Å². The van der Waals surface area contributed by atoms with Gasteiger partial charge >= 0.3 is 0 Å². The second kappa shape index (κ2) is 3.18. The number of aryl methyl sites for hydroxylation is 1. The molecule has 66 valence electrons. The van der Waals surface area contributed by atoms with E-state index in [0.717, 1.165) is 5.69 Å². The van der Waals surface area contributed by atoms with Gasteiger partial charge in [-0.15, -0.1) is 0 Å². The van der Waals surface area contributed by atoms with Crippen LogP contribution in [0.25, 0.3) is 5.69 Å². The van der Waals surface area contributed by atoms with Crippen molar-refractivity contribution < 1.29 is 9.20 Å². The SMILES string of the molecule is Cc1ccc(-[n+]2cc(Cl)on2)cc1. The molecule has 0 N–H and O–H groups in total. The number of aromatic nitrogens is 2. The molecule has 0 aliphatic carbocycles. The van der Waals surface area contributed by atoms with Crippen molar-refractivity contribution in [2.75, 3.05) is 0 Å². The Labute approximate surface area is 80.5 Å². The Balaban J connectivity index is 2.41. The normalized spacial score (nSPS) is 10.3. The fourth-order valence-electron chi connectivity index (χ4n) is 1.05. The van der Waals surface area contributed by atoms with Gasteiger partial charge < -0.3 is 0 Å². The van der Waals surface area contributed by atoms with Crippen LogP contribution in [0.2, 0.25) is 5.22 Å². The van der Waals surface area contributed by atoms with Gasteiger partial charge in [-0.2, -0.15) is 0 Å². The third kappa shape index (κ3) is 1.70. The van der Waals surface area contributed by atoms with Crippen LogP contribution in [0.4, 0.5) is 0 Å². The van der Waals surface area contributed by atoms with Gasteiger partial charge in [-0.05, 0) is 23.2 Å². The summed E-state index contributed by atoms with van der Waals surface area (Å²) < 4.78 is 6.31. The number of benzene rings is 1. The lowest BCUT2D eigenvalue weighted by Crippen LogP contribution is -2.31. The smallest absolute Gasteiger partial charge is 0.288 e. The lowest BCUT2D eigenvalue weighted by molar-refractivity contribution is -0.670. The van der Waals surface area contributed by atoms with Crippen molar-refractivity contribution in [2.24, 2.45) is 0 Å². The highest BCUT2D eigenvalue weighted by molar-refractivity contribution is 6.28. The van der Waals surface area contributed by atoms with E-state index in [0.29, 0.717) is 0 Å². The lowest BCUT2D eigenvalue weighted by Gasteiger charge is -1.88. The Kier molecular flexibility index (Phi) is 2.02. The predicted molar refractivity (Wildman–Crippen MR) is 47.8 cm³/mol. The van der Waals surface area contributed by atoms with Crippen LogP contribution in [-0.4, -0.2) is 5.27 Å². The van der Waals surface area contributed by atoms with Crippen LogP contribution in [0.15, 0.2) is 35.0 Å². The Morgan fingerprint density at radius 1 is 1.31 bits per heavy atom. The van der Waals surface area contributed by atoms with Crippen molar-refractivity contribution >= 4 is 11.6 Å². The Morgan fingerprint density at radius 3 is 2.54 bits per heavy atom.